The van der Waals surface area contributed by atoms with E-state index in [2.05, 4.69) is 32.2 Å². The van der Waals surface area contributed by atoms with Gasteiger partial charge in [0.2, 0.25) is 0 Å². The highest BCUT2D eigenvalue weighted by Gasteiger charge is 2.13. The summed E-state index contributed by atoms with van der Waals surface area (Å²) in [4.78, 5) is 0. The van der Waals surface area contributed by atoms with Crippen molar-refractivity contribution in [2.45, 2.75) is 66.3 Å². The van der Waals surface area contributed by atoms with Gasteiger partial charge in [-0.25, -0.2) is 0 Å². The third-order valence-electron chi connectivity index (χ3n) is 2.95. The molecule has 0 saturated heterocycles. The molecule has 1 atom stereocenters. The van der Waals surface area contributed by atoms with E-state index >= 15 is 0 Å². The second-order valence-electron chi connectivity index (χ2n) is 6.18. The van der Waals surface area contributed by atoms with E-state index in [0.717, 1.165) is 24.7 Å². The molecule has 1 aromatic heterocycles. The van der Waals surface area contributed by atoms with Gasteiger partial charge in [0.25, 0.3) is 0 Å². The van der Waals surface area contributed by atoms with Crippen LogP contribution in [0.25, 0.3) is 0 Å². The Morgan fingerprint density at radius 3 is 2.65 bits per heavy atom. The molecule has 0 aliphatic rings. The van der Waals surface area contributed by atoms with Gasteiger partial charge in [-0.2, -0.15) is 0 Å². The van der Waals surface area contributed by atoms with Crippen LogP contribution in [-0.2, 0) is 22.6 Å². The Kier molecular flexibility index (Phi) is 6.72. The molecule has 0 aliphatic carbocycles. The summed E-state index contributed by atoms with van der Waals surface area (Å²) in [6, 6.07) is 2.07. The van der Waals surface area contributed by atoms with Crippen molar-refractivity contribution in [2.24, 2.45) is 0 Å². The van der Waals surface area contributed by atoms with Gasteiger partial charge in [-0.05, 0) is 47.6 Å². The summed E-state index contributed by atoms with van der Waals surface area (Å²) in [6.45, 7) is 15.1. The molecule has 0 amide bonds. The molecule has 1 N–H and O–H groups in total. The molecule has 20 heavy (non-hydrogen) atoms. The highest BCUT2D eigenvalue weighted by Crippen LogP contribution is 2.17. The number of furan rings is 1. The van der Waals surface area contributed by atoms with Crippen molar-refractivity contribution in [3.63, 3.8) is 0 Å². The molecule has 0 fully saturated rings. The maximum Gasteiger partial charge on any atom is 0.130 e. The lowest BCUT2D eigenvalue weighted by Gasteiger charge is -2.20. The van der Waals surface area contributed by atoms with Crippen molar-refractivity contribution >= 4 is 0 Å². The zero-order valence-corrected chi connectivity index (χ0v) is 13.7. The Morgan fingerprint density at radius 1 is 1.35 bits per heavy atom. The zero-order chi connectivity index (χ0) is 15.2. The standard InChI is InChI=1S/C16H29NO3/c1-7-18-10-12(2)19-11-15-8-14(13(3)20-15)9-17-16(4,5)6/h8,12,17H,7,9-11H2,1-6H3. The fourth-order valence-corrected chi connectivity index (χ4v) is 1.75. The van der Waals surface area contributed by atoms with Gasteiger partial charge in [-0.1, -0.05) is 0 Å². The van der Waals surface area contributed by atoms with Gasteiger partial charge in [-0.15, -0.1) is 0 Å². The van der Waals surface area contributed by atoms with E-state index in [1.807, 2.05) is 20.8 Å². The number of rotatable bonds is 8. The van der Waals surface area contributed by atoms with E-state index < -0.39 is 0 Å². The predicted octanol–water partition coefficient (Wildman–Crippen LogP) is 3.42. The van der Waals surface area contributed by atoms with E-state index in [1.165, 1.54) is 5.56 Å². The summed E-state index contributed by atoms with van der Waals surface area (Å²) in [7, 11) is 0. The molecule has 0 aromatic carbocycles. The van der Waals surface area contributed by atoms with Crippen LogP contribution in [0, 0.1) is 6.92 Å². The minimum absolute atomic E-state index is 0.0801. The molecule has 1 rings (SSSR count). The smallest absolute Gasteiger partial charge is 0.130 e. The Balaban J connectivity index is 2.44. The molecule has 0 saturated carbocycles. The monoisotopic (exact) mass is 283 g/mol. The number of hydrogen-bond donors (Lipinski definition) is 1. The third-order valence-corrected chi connectivity index (χ3v) is 2.95. The summed E-state index contributed by atoms with van der Waals surface area (Å²) in [5.41, 5.74) is 1.29. The van der Waals surface area contributed by atoms with Gasteiger partial charge in [0, 0.05) is 24.3 Å². The Labute approximate surface area is 122 Å². The Hall–Kier alpha value is -0.840. The second kappa shape index (κ2) is 7.81. The first-order valence-electron chi connectivity index (χ1n) is 7.34. The molecule has 1 heterocycles. The van der Waals surface area contributed by atoms with Crippen molar-refractivity contribution in [3.05, 3.63) is 23.2 Å². The summed E-state index contributed by atoms with van der Waals surface area (Å²) < 4.78 is 16.8. The second-order valence-corrected chi connectivity index (χ2v) is 6.18. The first-order chi connectivity index (χ1) is 9.31. The molecule has 4 heteroatoms. The third kappa shape index (κ3) is 6.55. The molecular formula is C16H29NO3. The van der Waals surface area contributed by atoms with Crippen molar-refractivity contribution in [1.29, 1.82) is 0 Å². The summed E-state index contributed by atoms with van der Waals surface area (Å²) in [5, 5.41) is 3.46. The molecule has 0 spiro atoms. The quantitative estimate of drug-likeness (QED) is 0.794. The van der Waals surface area contributed by atoms with E-state index in [9.17, 15) is 0 Å². The van der Waals surface area contributed by atoms with Crippen molar-refractivity contribution in [1.82, 2.24) is 5.32 Å². The van der Waals surface area contributed by atoms with Crippen LogP contribution < -0.4 is 5.32 Å². The Bertz CT molecular complexity index is 393. The lowest BCUT2D eigenvalue weighted by molar-refractivity contribution is -0.0172. The number of ether oxygens (including phenoxy) is 2. The summed E-state index contributed by atoms with van der Waals surface area (Å²) in [6.07, 6.45) is 0.0801. The highest BCUT2D eigenvalue weighted by atomic mass is 16.5. The molecule has 4 nitrogen and oxygen atoms in total. The highest BCUT2D eigenvalue weighted by molar-refractivity contribution is 5.20. The van der Waals surface area contributed by atoms with Crippen LogP contribution in [0.5, 0.6) is 0 Å². The van der Waals surface area contributed by atoms with Gasteiger partial charge in [0.05, 0.1) is 12.7 Å². The topological polar surface area (TPSA) is 43.6 Å². The fraction of sp³-hybridized carbons (Fsp3) is 0.750. The van der Waals surface area contributed by atoms with E-state index in [4.69, 9.17) is 13.9 Å². The largest absolute Gasteiger partial charge is 0.464 e. The van der Waals surface area contributed by atoms with Gasteiger partial charge >= 0.3 is 0 Å². The van der Waals surface area contributed by atoms with Gasteiger partial charge < -0.3 is 19.2 Å². The average molecular weight is 283 g/mol. The number of nitrogens with one attached hydrogen (secondary N) is 1. The fourth-order valence-electron chi connectivity index (χ4n) is 1.75. The minimum Gasteiger partial charge on any atom is -0.464 e. The van der Waals surface area contributed by atoms with E-state index in [0.29, 0.717) is 13.2 Å². The van der Waals surface area contributed by atoms with Crippen LogP contribution in [0.4, 0.5) is 0 Å². The lowest BCUT2D eigenvalue weighted by Crippen LogP contribution is -2.35. The zero-order valence-electron chi connectivity index (χ0n) is 13.7. The molecule has 116 valence electrons. The first kappa shape index (κ1) is 17.2. The molecule has 1 aromatic rings. The van der Waals surface area contributed by atoms with Crippen LogP contribution >= 0.6 is 0 Å². The van der Waals surface area contributed by atoms with Crippen molar-refractivity contribution < 1.29 is 13.9 Å². The average Bonchev–Trinajstić information content (AvgIpc) is 2.71. The lowest BCUT2D eigenvalue weighted by atomic mass is 10.1. The first-order valence-corrected chi connectivity index (χ1v) is 7.34. The number of hydrogen-bond acceptors (Lipinski definition) is 4. The van der Waals surface area contributed by atoms with Gasteiger partial charge in [0.15, 0.2) is 0 Å². The normalized spacial score (nSPS) is 13.7. The van der Waals surface area contributed by atoms with Crippen LogP contribution in [0.3, 0.4) is 0 Å². The van der Waals surface area contributed by atoms with Gasteiger partial charge in [-0.3, -0.25) is 0 Å². The van der Waals surface area contributed by atoms with Crippen LogP contribution in [-0.4, -0.2) is 24.9 Å². The van der Waals surface area contributed by atoms with Crippen LogP contribution in [0.2, 0.25) is 0 Å². The maximum atomic E-state index is 5.73. The number of aryl methyl sites for hydroxylation is 1. The molecule has 0 bridgehead atoms. The van der Waals surface area contributed by atoms with Gasteiger partial charge in [0.1, 0.15) is 18.1 Å². The SMILES string of the molecule is CCOCC(C)OCc1cc(CNC(C)(C)C)c(C)o1. The van der Waals surface area contributed by atoms with E-state index in [1.54, 1.807) is 0 Å². The van der Waals surface area contributed by atoms with E-state index in [-0.39, 0.29) is 11.6 Å². The van der Waals surface area contributed by atoms with Crippen LogP contribution in [0.15, 0.2) is 10.5 Å². The Morgan fingerprint density at radius 2 is 2.05 bits per heavy atom. The molecular weight excluding hydrogens is 254 g/mol. The summed E-state index contributed by atoms with van der Waals surface area (Å²) in [5.74, 6) is 1.83. The van der Waals surface area contributed by atoms with Crippen molar-refractivity contribution in [3.8, 4) is 0 Å². The molecule has 1 unspecified atom stereocenters. The molecule has 0 aliphatic heterocycles. The van der Waals surface area contributed by atoms with Crippen LogP contribution in [0.1, 0.15) is 51.7 Å². The predicted molar refractivity (Wildman–Crippen MR) is 80.8 cm³/mol. The maximum absolute atomic E-state index is 5.73. The summed E-state index contributed by atoms with van der Waals surface area (Å²) >= 11 is 0. The minimum atomic E-state index is 0.0801. The molecule has 0 radical (unpaired) electrons. The van der Waals surface area contributed by atoms with Crippen molar-refractivity contribution in [2.75, 3.05) is 13.2 Å².